The number of methoxy groups -OCH3 is 1. The molecule has 0 saturated carbocycles. The van der Waals surface area contributed by atoms with Gasteiger partial charge in [0.1, 0.15) is 11.4 Å². The van der Waals surface area contributed by atoms with E-state index >= 15 is 0 Å². The Bertz CT molecular complexity index is 1110. The van der Waals surface area contributed by atoms with E-state index in [9.17, 15) is 4.79 Å². The van der Waals surface area contributed by atoms with Crippen LogP contribution in [0.2, 0.25) is 0 Å². The molecule has 2 aromatic heterocycles. The number of anilines is 2. The van der Waals surface area contributed by atoms with Crippen molar-refractivity contribution in [2.75, 3.05) is 12.0 Å². The quantitative estimate of drug-likeness (QED) is 0.504. The molecule has 27 heavy (non-hydrogen) atoms. The molecule has 0 fully saturated rings. The summed E-state index contributed by atoms with van der Waals surface area (Å²) in [5, 5.41) is 3.47. The normalized spacial score (nSPS) is 10.7. The smallest absolute Gasteiger partial charge is 0.283 e. The number of aromatic nitrogens is 2. The lowest BCUT2D eigenvalue weighted by molar-refractivity contribution is 0.0995. The lowest BCUT2D eigenvalue weighted by Crippen LogP contribution is -2.26. The van der Waals surface area contributed by atoms with E-state index in [4.69, 9.17) is 4.74 Å². The third kappa shape index (κ3) is 3.39. The van der Waals surface area contributed by atoms with E-state index in [0.29, 0.717) is 10.8 Å². The molecule has 0 unspecified atom stereocenters. The van der Waals surface area contributed by atoms with Crippen molar-refractivity contribution in [1.29, 1.82) is 0 Å². The molecule has 0 aliphatic heterocycles. The van der Waals surface area contributed by atoms with Gasteiger partial charge in [0.15, 0.2) is 5.13 Å². The zero-order valence-electron chi connectivity index (χ0n) is 14.9. The zero-order chi connectivity index (χ0) is 18.8. The monoisotopic (exact) mass is 375 g/mol. The minimum atomic E-state index is -0.215. The summed E-state index contributed by atoms with van der Waals surface area (Å²) >= 11 is 1.43. The molecule has 0 radical (unpaired) electrons. The number of amides is 1. The molecule has 0 bridgehead atoms. The fraction of sp³-hybridized carbons (Fsp3) is 0.0952. The van der Waals surface area contributed by atoms with Crippen molar-refractivity contribution in [1.82, 2.24) is 9.97 Å². The summed E-state index contributed by atoms with van der Waals surface area (Å²) < 4.78 is 5.25. The molecule has 2 heterocycles. The molecular weight excluding hydrogens is 358 g/mol. The van der Waals surface area contributed by atoms with Gasteiger partial charge in [0.25, 0.3) is 5.91 Å². The molecule has 4 rings (SSSR count). The molecule has 0 saturated heterocycles. The van der Waals surface area contributed by atoms with E-state index in [1.165, 1.54) is 11.3 Å². The minimum absolute atomic E-state index is 0.215. The van der Waals surface area contributed by atoms with Gasteiger partial charge in [-0.1, -0.05) is 24.3 Å². The summed E-state index contributed by atoms with van der Waals surface area (Å²) in [6.07, 6.45) is 0. The topological polar surface area (TPSA) is 55.3 Å². The van der Waals surface area contributed by atoms with Crippen LogP contribution in [0.1, 0.15) is 16.2 Å². The van der Waals surface area contributed by atoms with Crippen molar-refractivity contribution >= 4 is 39.0 Å². The van der Waals surface area contributed by atoms with Crippen LogP contribution in [0.4, 0.5) is 10.8 Å². The van der Waals surface area contributed by atoms with Gasteiger partial charge in [-0.15, -0.1) is 11.3 Å². The van der Waals surface area contributed by atoms with Crippen LogP contribution in [0.5, 0.6) is 5.75 Å². The maximum absolute atomic E-state index is 13.3. The Kier molecular flexibility index (Phi) is 4.56. The number of hydrogen-bond acceptors (Lipinski definition) is 5. The van der Waals surface area contributed by atoms with E-state index < -0.39 is 0 Å². The molecule has 6 heteroatoms. The standard InChI is InChI=1S/C21H17N3O2S/c1-14-13-27-21(22-14)24(16-6-4-3-5-7-16)20(25)19-10-8-15-12-17(26-2)9-11-18(15)23-19/h3-13H,1-2H3. The number of carbonyl (C=O) groups is 1. The number of thiazole rings is 1. The second kappa shape index (κ2) is 7.17. The van der Waals surface area contributed by atoms with Crippen molar-refractivity contribution in [3.05, 3.63) is 77.4 Å². The first-order valence-electron chi connectivity index (χ1n) is 8.42. The SMILES string of the molecule is COc1ccc2nc(C(=O)N(c3ccccc3)c3nc(C)cs3)ccc2c1. The average molecular weight is 375 g/mol. The minimum Gasteiger partial charge on any atom is -0.497 e. The van der Waals surface area contributed by atoms with E-state index in [0.717, 1.165) is 28.0 Å². The van der Waals surface area contributed by atoms with E-state index in [1.807, 2.05) is 66.9 Å². The molecule has 0 N–H and O–H groups in total. The summed E-state index contributed by atoms with van der Waals surface area (Å²) in [6.45, 7) is 1.91. The van der Waals surface area contributed by atoms with Crippen LogP contribution < -0.4 is 9.64 Å². The Morgan fingerprint density at radius 1 is 1.04 bits per heavy atom. The summed E-state index contributed by atoms with van der Waals surface area (Å²) in [5.74, 6) is 0.542. The van der Waals surface area contributed by atoms with Crippen molar-refractivity contribution < 1.29 is 9.53 Å². The summed E-state index contributed by atoms with van der Waals surface area (Å²) in [5.41, 5.74) is 2.74. The highest BCUT2D eigenvalue weighted by molar-refractivity contribution is 7.14. The van der Waals surface area contributed by atoms with Gasteiger partial charge in [-0.3, -0.25) is 9.69 Å². The third-order valence-electron chi connectivity index (χ3n) is 4.13. The fourth-order valence-corrected chi connectivity index (χ4v) is 3.62. The molecule has 0 spiro atoms. The highest BCUT2D eigenvalue weighted by atomic mass is 32.1. The van der Waals surface area contributed by atoms with Crippen molar-refractivity contribution in [3.8, 4) is 5.75 Å². The number of nitrogens with zero attached hydrogens (tertiary/aromatic N) is 3. The van der Waals surface area contributed by atoms with Gasteiger partial charge >= 0.3 is 0 Å². The van der Waals surface area contributed by atoms with Crippen molar-refractivity contribution in [2.45, 2.75) is 6.92 Å². The number of aryl methyl sites for hydroxylation is 1. The van der Waals surface area contributed by atoms with Crippen LogP contribution in [0, 0.1) is 6.92 Å². The van der Waals surface area contributed by atoms with Crippen LogP contribution in [-0.2, 0) is 0 Å². The lowest BCUT2D eigenvalue weighted by Gasteiger charge is -2.19. The van der Waals surface area contributed by atoms with Crippen molar-refractivity contribution in [2.24, 2.45) is 0 Å². The number of para-hydroxylation sites is 1. The predicted octanol–water partition coefficient (Wildman–Crippen LogP) is 4.99. The molecule has 134 valence electrons. The summed E-state index contributed by atoms with van der Waals surface area (Å²) in [7, 11) is 1.63. The number of rotatable bonds is 4. The number of ether oxygens (including phenoxy) is 1. The number of pyridine rings is 1. The molecule has 0 atom stereocenters. The van der Waals surface area contributed by atoms with E-state index in [2.05, 4.69) is 9.97 Å². The first-order valence-corrected chi connectivity index (χ1v) is 9.30. The maximum atomic E-state index is 13.3. The number of carbonyl (C=O) groups excluding carboxylic acids is 1. The third-order valence-corrected chi connectivity index (χ3v) is 5.07. The van der Waals surface area contributed by atoms with Gasteiger partial charge in [0, 0.05) is 10.8 Å². The van der Waals surface area contributed by atoms with Crippen LogP contribution >= 0.6 is 11.3 Å². The predicted molar refractivity (Wildman–Crippen MR) is 108 cm³/mol. The van der Waals surface area contributed by atoms with Crippen LogP contribution in [0.3, 0.4) is 0 Å². The first-order chi connectivity index (χ1) is 13.2. The number of hydrogen-bond donors (Lipinski definition) is 0. The second-order valence-corrected chi connectivity index (χ2v) is 6.84. The number of benzene rings is 2. The zero-order valence-corrected chi connectivity index (χ0v) is 15.7. The molecule has 0 aliphatic carbocycles. The summed E-state index contributed by atoms with van der Waals surface area (Å²) in [6, 6.07) is 18.7. The largest absolute Gasteiger partial charge is 0.497 e. The Morgan fingerprint density at radius 3 is 2.56 bits per heavy atom. The highest BCUT2D eigenvalue weighted by Crippen LogP contribution is 2.30. The van der Waals surface area contributed by atoms with Gasteiger partial charge in [-0.2, -0.15) is 0 Å². The van der Waals surface area contributed by atoms with Gasteiger partial charge in [-0.05, 0) is 43.3 Å². The van der Waals surface area contributed by atoms with Gasteiger partial charge < -0.3 is 4.74 Å². The van der Waals surface area contributed by atoms with Gasteiger partial charge in [0.05, 0.1) is 24.0 Å². The molecular formula is C21H17N3O2S. The lowest BCUT2D eigenvalue weighted by atomic mass is 10.2. The molecule has 5 nitrogen and oxygen atoms in total. The Hall–Kier alpha value is -3.25. The maximum Gasteiger partial charge on any atom is 0.283 e. The molecule has 1 amide bonds. The highest BCUT2D eigenvalue weighted by Gasteiger charge is 2.23. The van der Waals surface area contributed by atoms with E-state index in [1.54, 1.807) is 18.1 Å². The van der Waals surface area contributed by atoms with Crippen LogP contribution in [0.25, 0.3) is 10.9 Å². The second-order valence-electron chi connectivity index (χ2n) is 6.00. The van der Waals surface area contributed by atoms with Crippen molar-refractivity contribution in [3.63, 3.8) is 0 Å². The average Bonchev–Trinajstić information content (AvgIpc) is 3.13. The van der Waals surface area contributed by atoms with Crippen LogP contribution in [0.15, 0.2) is 66.0 Å². The van der Waals surface area contributed by atoms with Gasteiger partial charge in [-0.25, -0.2) is 9.97 Å². The molecule has 2 aromatic carbocycles. The fourth-order valence-electron chi connectivity index (χ4n) is 2.80. The Balaban J connectivity index is 1.78. The van der Waals surface area contributed by atoms with Gasteiger partial charge in [0.2, 0.25) is 0 Å². The first kappa shape index (κ1) is 17.2. The number of fused-ring (bicyclic) bond motifs is 1. The molecule has 0 aliphatic rings. The summed E-state index contributed by atoms with van der Waals surface area (Å²) in [4.78, 5) is 24.0. The van der Waals surface area contributed by atoms with E-state index in [-0.39, 0.29) is 5.91 Å². The van der Waals surface area contributed by atoms with Crippen LogP contribution in [-0.4, -0.2) is 23.0 Å². The molecule has 4 aromatic rings. The Labute approximate surface area is 160 Å². The Morgan fingerprint density at radius 2 is 1.85 bits per heavy atom.